The van der Waals surface area contributed by atoms with Gasteiger partial charge in [-0.15, -0.1) is 0 Å². The maximum absolute atomic E-state index is 2.26. The van der Waals surface area contributed by atoms with Gasteiger partial charge in [-0.1, -0.05) is 87.4 Å². The fourth-order valence-electron chi connectivity index (χ4n) is 5.25. The van der Waals surface area contributed by atoms with Crippen molar-refractivity contribution in [2.75, 3.05) is 0 Å². The van der Waals surface area contributed by atoms with Gasteiger partial charge in [-0.25, -0.2) is 24.3 Å². The van der Waals surface area contributed by atoms with Gasteiger partial charge in [0.15, 0.2) is 0 Å². The van der Waals surface area contributed by atoms with Gasteiger partial charge in [-0.3, -0.25) is 0 Å². The molecule has 0 saturated heterocycles. The van der Waals surface area contributed by atoms with Crippen molar-refractivity contribution in [3.8, 4) is 11.1 Å². The van der Waals surface area contributed by atoms with Crippen molar-refractivity contribution in [2.24, 2.45) is 0 Å². The van der Waals surface area contributed by atoms with E-state index in [0.29, 0.717) is 11.8 Å². The average molecular weight is 634 g/mol. The third kappa shape index (κ3) is 11.3. The Hall–Kier alpha value is -3.12. The standard InChI is InChI=1S/2C15H17.C10H8.2Fe/c2*1-2-14(12-13-8-6-7-9-13)15-10-4-3-5-11-15;1-2-6-9(5-1)10-7-3-4-8-10;;/h2*3-11,14H,2,12H2,1H3;1-8H;;/q2*-1;-2;;. The van der Waals surface area contributed by atoms with Crippen molar-refractivity contribution in [3.05, 3.63) is 180 Å². The summed E-state index contributed by atoms with van der Waals surface area (Å²) in [5.41, 5.74) is 8.44. The Morgan fingerprint density at radius 2 is 0.690 bits per heavy atom. The summed E-state index contributed by atoms with van der Waals surface area (Å²) in [7, 11) is 0. The van der Waals surface area contributed by atoms with Gasteiger partial charge in [-0.05, 0) is 35.8 Å². The largest absolute Gasteiger partial charge is 0.213 e. The molecule has 0 amide bonds. The van der Waals surface area contributed by atoms with E-state index in [9.17, 15) is 0 Å². The van der Waals surface area contributed by atoms with Crippen LogP contribution >= 0.6 is 0 Å². The monoisotopic (exact) mass is 634 g/mol. The average Bonchev–Trinajstić information content (AvgIpc) is 3.85. The number of benzene rings is 2. The minimum Gasteiger partial charge on any atom is -0.213 e. The van der Waals surface area contributed by atoms with E-state index in [1.165, 1.54) is 46.2 Å². The molecule has 2 unspecified atom stereocenters. The van der Waals surface area contributed by atoms with Crippen LogP contribution in [0.3, 0.4) is 0 Å². The van der Waals surface area contributed by atoms with Gasteiger partial charge < -0.3 is 0 Å². The van der Waals surface area contributed by atoms with Crippen molar-refractivity contribution < 1.29 is 34.1 Å². The van der Waals surface area contributed by atoms with Crippen LogP contribution in [-0.4, -0.2) is 0 Å². The van der Waals surface area contributed by atoms with E-state index in [4.69, 9.17) is 0 Å². The quantitative estimate of drug-likeness (QED) is 0.110. The van der Waals surface area contributed by atoms with Crippen LogP contribution in [0.5, 0.6) is 0 Å². The zero-order chi connectivity index (χ0) is 27.8. The third-order valence-corrected chi connectivity index (χ3v) is 7.61. The van der Waals surface area contributed by atoms with Crippen molar-refractivity contribution >= 4 is 0 Å². The minimum absolute atomic E-state index is 0. The molecule has 0 aliphatic heterocycles. The Labute approximate surface area is 275 Å². The molecular formula is C40H42Fe2-4. The van der Waals surface area contributed by atoms with Crippen LogP contribution in [0.2, 0.25) is 0 Å². The van der Waals surface area contributed by atoms with Gasteiger partial charge in [-0.2, -0.15) is 95.1 Å². The number of hydrogen-bond donors (Lipinski definition) is 0. The van der Waals surface area contributed by atoms with E-state index in [1.807, 2.05) is 0 Å². The first kappa shape index (κ1) is 35.1. The van der Waals surface area contributed by atoms with Crippen LogP contribution in [0.25, 0.3) is 11.1 Å². The molecule has 2 heteroatoms. The molecule has 6 aromatic carbocycles. The molecule has 0 spiro atoms. The molecule has 6 aromatic rings. The molecule has 0 fully saturated rings. The van der Waals surface area contributed by atoms with E-state index in [1.54, 1.807) is 0 Å². The van der Waals surface area contributed by atoms with E-state index in [-0.39, 0.29) is 34.1 Å². The van der Waals surface area contributed by atoms with Gasteiger partial charge in [0.1, 0.15) is 0 Å². The van der Waals surface area contributed by atoms with Crippen LogP contribution < -0.4 is 0 Å². The van der Waals surface area contributed by atoms with Crippen LogP contribution in [0.4, 0.5) is 0 Å². The molecule has 6 rings (SSSR count). The van der Waals surface area contributed by atoms with Gasteiger partial charge in [0.05, 0.1) is 0 Å². The molecule has 0 radical (unpaired) electrons. The number of rotatable bonds is 9. The Bertz CT molecular complexity index is 1260. The normalized spacial score (nSPS) is 11.4. The van der Waals surface area contributed by atoms with Gasteiger partial charge >= 0.3 is 0 Å². The van der Waals surface area contributed by atoms with E-state index < -0.39 is 0 Å². The molecule has 0 bridgehead atoms. The summed E-state index contributed by atoms with van der Waals surface area (Å²) in [6.07, 6.45) is 4.73. The zero-order valence-corrected chi connectivity index (χ0v) is 26.9. The molecule has 0 heterocycles. The summed E-state index contributed by atoms with van der Waals surface area (Å²) < 4.78 is 0. The summed E-state index contributed by atoms with van der Waals surface area (Å²) >= 11 is 0. The van der Waals surface area contributed by atoms with Crippen molar-refractivity contribution in [3.63, 3.8) is 0 Å². The first-order valence-electron chi connectivity index (χ1n) is 14.7. The molecule has 0 aliphatic carbocycles. The van der Waals surface area contributed by atoms with Crippen molar-refractivity contribution in [1.82, 2.24) is 0 Å². The zero-order valence-electron chi connectivity index (χ0n) is 24.7. The van der Waals surface area contributed by atoms with E-state index >= 15 is 0 Å². The second-order valence-electron chi connectivity index (χ2n) is 10.4. The van der Waals surface area contributed by atoms with E-state index in [0.717, 1.165) is 12.8 Å². The molecule has 0 nitrogen and oxygen atoms in total. The SMILES string of the molecule is CCC(C[c-]1cccc1)c1ccccc1.CCC(C[c-]1cccc1)c1ccccc1.[Fe].[Fe].c1cc[c-](-[c-]2cccc2)c1. The third-order valence-electron chi connectivity index (χ3n) is 7.61. The van der Waals surface area contributed by atoms with E-state index in [2.05, 4.69) is 172 Å². The second-order valence-corrected chi connectivity index (χ2v) is 10.4. The topological polar surface area (TPSA) is 0 Å². The maximum atomic E-state index is 2.26. The Morgan fingerprint density at radius 3 is 0.976 bits per heavy atom. The summed E-state index contributed by atoms with van der Waals surface area (Å²) in [6, 6.07) is 55.6. The molecule has 0 aliphatic rings. The minimum atomic E-state index is 0. The predicted octanol–water partition coefficient (Wildman–Crippen LogP) is 11.1. The van der Waals surface area contributed by atoms with Crippen molar-refractivity contribution in [1.29, 1.82) is 0 Å². The Balaban J connectivity index is 0.000000219. The van der Waals surface area contributed by atoms with Crippen LogP contribution in [0, 0.1) is 0 Å². The van der Waals surface area contributed by atoms with Crippen LogP contribution in [0.15, 0.2) is 158 Å². The van der Waals surface area contributed by atoms with Gasteiger partial charge in [0, 0.05) is 34.1 Å². The fraction of sp³-hybridized carbons (Fsp3) is 0.200. The van der Waals surface area contributed by atoms with Gasteiger partial charge in [0.2, 0.25) is 0 Å². The number of hydrogen-bond acceptors (Lipinski definition) is 0. The fourth-order valence-corrected chi connectivity index (χ4v) is 5.25. The summed E-state index contributed by atoms with van der Waals surface area (Å²) in [5.74, 6) is 1.32. The molecule has 0 saturated carbocycles. The molecule has 0 aromatic heterocycles. The summed E-state index contributed by atoms with van der Waals surface area (Å²) in [6.45, 7) is 4.53. The molecular weight excluding hydrogens is 592 g/mol. The Morgan fingerprint density at radius 1 is 0.405 bits per heavy atom. The summed E-state index contributed by atoms with van der Waals surface area (Å²) in [4.78, 5) is 0. The van der Waals surface area contributed by atoms with Crippen LogP contribution in [0.1, 0.15) is 60.8 Å². The second kappa shape index (κ2) is 19.9. The summed E-state index contributed by atoms with van der Waals surface area (Å²) in [5, 5.41) is 0. The smallest absolute Gasteiger partial charge is 0 e. The van der Waals surface area contributed by atoms with Gasteiger partial charge in [0.25, 0.3) is 0 Å². The first-order valence-corrected chi connectivity index (χ1v) is 14.7. The molecule has 222 valence electrons. The first-order chi connectivity index (χ1) is 19.8. The Kier molecular flexibility index (Phi) is 16.6. The predicted molar refractivity (Wildman–Crippen MR) is 173 cm³/mol. The molecule has 0 N–H and O–H groups in total. The van der Waals surface area contributed by atoms with Crippen LogP contribution in [-0.2, 0) is 47.0 Å². The maximum Gasteiger partial charge on any atom is 0 e. The molecule has 42 heavy (non-hydrogen) atoms. The van der Waals surface area contributed by atoms with Crippen molar-refractivity contribution in [2.45, 2.75) is 51.4 Å². The molecule has 2 atom stereocenters.